The van der Waals surface area contributed by atoms with Crippen LogP contribution >= 0.6 is 0 Å². The normalized spacial score (nSPS) is 11.2. The molecule has 2 aromatic carbocycles. The number of para-hydroxylation sites is 1. The SMILES string of the molecule is O=C(NCCCNc1ccccc1)c1ccc(-n2ccc(C(F)(F)F)n2)cc1. The van der Waals surface area contributed by atoms with Crippen molar-refractivity contribution in [3.05, 3.63) is 78.1 Å². The summed E-state index contributed by atoms with van der Waals surface area (Å²) in [6.45, 7) is 1.23. The van der Waals surface area contributed by atoms with Crippen molar-refractivity contribution in [2.24, 2.45) is 0 Å². The van der Waals surface area contributed by atoms with Crippen molar-refractivity contribution < 1.29 is 18.0 Å². The molecule has 0 aliphatic carbocycles. The van der Waals surface area contributed by atoms with Crippen LogP contribution in [0.4, 0.5) is 18.9 Å². The minimum atomic E-state index is -4.49. The quantitative estimate of drug-likeness (QED) is 0.599. The monoisotopic (exact) mass is 388 g/mol. The summed E-state index contributed by atoms with van der Waals surface area (Å²) in [5, 5.41) is 9.58. The number of carbonyl (C=O) groups excluding carboxylic acids is 1. The van der Waals surface area contributed by atoms with E-state index in [0.29, 0.717) is 17.8 Å². The second kappa shape index (κ2) is 8.60. The maximum atomic E-state index is 12.6. The van der Waals surface area contributed by atoms with Crippen molar-refractivity contribution in [2.45, 2.75) is 12.6 Å². The molecule has 0 aliphatic rings. The number of carbonyl (C=O) groups is 1. The van der Waals surface area contributed by atoms with E-state index in [1.807, 2.05) is 30.3 Å². The van der Waals surface area contributed by atoms with Gasteiger partial charge in [0.2, 0.25) is 0 Å². The lowest BCUT2D eigenvalue weighted by molar-refractivity contribution is -0.141. The first-order valence-corrected chi connectivity index (χ1v) is 8.74. The molecule has 0 aliphatic heterocycles. The van der Waals surface area contributed by atoms with Gasteiger partial charge in [0.1, 0.15) is 0 Å². The van der Waals surface area contributed by atoms with Crippen molar-refractivity contribution in [1.29, 1.82) is 0 Å². The standard InChI is InChI=1S/C20H19F3N4O/c21-20(22,23)18-11-14-27(26-18)17-9-7-15(8-10-17)19(28)25-13-4-12-24-16-5-2-1-3-6-16/h1-3,5-11,14,24H,4,12-13H2,(H,25,28). The van der Waals surface area contributed by atoms with Gasteiger partial charge in [-0.05, 0) is 48.9 Å². The number of nitrogens with one attached hydrogen (secondary N) is 2. The first-order valence-electron chi connectivity index (χ1n) is 8.74. The van der Waals surface area contributed by atoms with Gasteiger partial charge in [0.25, 0.3) is 5.91 Å². The largest absolute Gasteiger partial charge is 0.435 e. The molecule has 2 N–H and O–H groups in total. The first kappa shape index (κ1) is 19.5. The summed E-state index contributed by atoms with van der Waals surface area (Å²) in [7, 11) is 0. The molecule has 0 saturated carbocycles. The number of aromatic nitrogens is 2. The molecule has 0 spiro atoms. The van der Waals surface area contributed by atoms with E-state index in [4.69, 9.17) is 0 Å². The van der Waals surface area contributed by atoms with Crippen molar-refractivity contribution >= 4 is 11.6 Å². The van der Waals surface area contributed by atoms with E-state index in [-0.39, 0.29) is 5.91 Å². The fourth-order valence-corrected chi connectivity index (χ4v) is 2.57. The molecule has 0 bridgehead atoms. The molecule has 0 saturated heterocycles. The smallest absolute Gasteiger partial charge is 0.385 e. The molecular formula is C20H19F3N4O. The fraction of sp³-hybridized carbons (Fsp3) is 0.200. The fourth-order valence-electron chi connectivity index (χ4n) is 2.57. The Kier molecular flexibility index (Phi) is 5.98. The summed E-state index contributed by atoms with van der Waals surface area (Å²) < 4.78 is 39.0. The number of alkyl halides is 3. The third-order valence-corrected chi connectivity index (χ3v) is 4.02. The summed E-state index contributed by atoms with van der Waals surface area (Å²) in [4.78, 5) is 12.2. The Balaban J connectivity index is 1.47. The van der Waals surface area contributed by atoms with Crippen molar-refractivity contribution in [1.82, 2.24) is 15.1 Å². The molecule has 5 nitrogen and oxygen atoms in total. The molecule has 3 rings (SSSR count). The number of amides is 1. The van der Waals surface area contributed by atoms with Crippen LogP contribution in [0, 0.1) is 0 Å². The zero-order valence-electron chi connectivity index (χ0n) is 14.9. The maximum Gasteiger partial charge on any atom is 0.435 e. The molecule has 0 atom stereocenters. The predicted octanol–water partition coefficient (Wildman–Crippen LogP) is 4.12. The number of hydrogen-bond acceptors (Lipinski definition) is 3. The Bertz CT molecular complexity index is 905. The number of rotatable bonds is 7. The molecule has 146 valence electrons. The average molecular weight is 388 g/mol. The minimum Gasteiger partial charge on any atom is -0.385 e. The van der Waals surface area contributed by atoms with Crippen LogP contribution in [0.5, 0.6) is 0 Å². The highest BCUT2D eigenvalue weighted by Crippen LogP contribution is 2.27. The number of anilines is 1. The van der Waals surface area contributed by atoms with Crippen molar-refractivity contribution in [2.75, 3.05) is 18.4 Å². The van der Waals surface area contributed by atoms with E-state index < -0.39 is 11.9 Å². The predicted molar refractivity (Wildman–Crippen MR) is 100 cm³/mol. The lowest BCUT2D eigenvalue weighted by atomic mass is 10.2. The first-order chi connectivity index (χ1) is 13.4. The minimum absolute atomic E-state index is 0.234. The molecule has 0 fully saturated rings. The van der Waals surface area contributed by atoms with E-state index in [9.17, 15) is 18.0 Å². The van der Waals surface area contributed by atoms with Crippen LogP contribution in [0.2, 0.25) is 0 Å². The highest BCUT2D eigenvalue weighted by atomic mass is 19.4. The number of nitrogens with zero attached hydrogens (tertiary/aromatic N) is 2. The van der Waals surface area contributed by atoms with Crippen LogP contribution in [-0.4, -0.2) is 28.8 Å². The van der Waals surface area contributed by atoms with Gasteiger partial charge < -0.3 is 10.6 Å². The highest BCUT2D eigenvalue weighted by molar-refractivity contribution is 5.94. The van der Waals surface area contributed by atoms with Gasteiger partial charge in [0.05, 0.1) is 5.69 Å². The molecule has 8 heteroatoms. The van der Waals surface area contributed by atoms with E-state index >= 15 is 0 Å². The second-order valence-corrected chi connectivity index (χ2v) is 6.09. The topological polar surface area (TPSA) is 59.0 Å². The third kappa shape index (κ3) is 5.12. The Morgan fingerprint density at radius 1 is 0.964 bits per heavy atom. The Labute approximate surface area is 160 Å². The molecule has 3 aromatic rings. The molecule has 28 heavy (non-hydrogen) atoms. The van der Waals surface area contributed by atoms with E-state index in [1.165, 1.54) is 6.20 Å². The van der Waals surface area contributed by atoms with Gasteiger partial charge in [-0.25, -0.2) is 4.68 Å². The van der Waals surface area contributed by atoms with Crippen LogP contribution in [0.15, 0.2) is 66.9 Å². The third-order valence-electron chi connectivity index (χ3n) is 4.02. The van der Waals surface area contributed by atoms with Gasteiger partial charge in [-0.3, -0.25) is 4.79 Å². The summed E-state index contributed by atoms with van der Waals surface area (Å²) in [6, 6.07) is 16.9. The summed E-state index contributed by atoms with van der Waals surface area (Å²) in [6.07, 6.45) is -2.50. The van der Waals surface area contributed by atoms with Crippen LogP contribution < -0.4 is 10.6 Å². The maximum absolute atomic E-state index is 12.6. The van der Waals surface area contributed by atoms with Gasteiger partial charge in [-0.1, -0.05) is 18.2 Å². The summed E-state index contributed by atoms with van der Waals surface area (Å²) in [5.41, 5.74) is 0.942. The molecular weight excluding hydrogens is 369 g/mol. The molecule has 1 aromatic heterocycles. The van der Waals surface area contributed by atoms with Gasteiger partial charge >= 0.3 is 6.18 Å². The summed E-state index contributed by atoms with van der Waals surface area (Å²) >= 11 is 0. The molecule has 1 amide bonds. The second-order valence-electron chi connectivity index (χ2n) is 6.09. The molecule has 0 unspecified atom stereocenters. The van der Waals surface area contributed by atoms with Gasteiger partial charge in [-0.2, -0.15) is 18.3 Å². The van der Waals surface area contributed by atoms with Crippen LogP contribution in [0.25, 0.3) is 5.69 Å². The Morgan fingerprint density at radius 3 is 2.32 bits per heavy atom. The van der Waals surface area contributed by atoms with Crippen molar-refractivity contribution in [3.8, 4) is 5.69 Å². The van der Waals surface area contributed by atoms with E-state index in [1.54, 1.807) is 24.3 Å². The number of benzene rings is 2. The molecule has 1 heterocycles. The number of halogens is 3. The lowest BCUT2D eigenvalue weighted by Crippen LogP contribution is -2.25. The Hall–Kier alpha value is -3.29. The van der Waals surface area contributed by atoms with Crippen LogP contribution in [-0.2, 0) is 6.18 Å². The van der Waals surface area contributed by atoms with Crippen LogP contribution in [0.3, 0.4) is 0 Å². The zero-order chi connectivity index (χ0) is 20.0. The van der Waals surface area contributed by atoms with E-state index in [2.05, 4.69) is 15.7 Å². The average Bonchev–Trinajstić information content (AvgIpc) is 3.19. The highest BCUT2D eigenvalue weighted by Gasteiger charge is 2.33. The zero-order valence-corrected chi connectivity index (χ0v) is 14.9. The molecule has 0 radical (unpaired) electrons. The van der Waals surface area contributed by atoms with Gasteiger partial charge in [-0.15, -0.1) is 0 Å². The lowest BCUT2D eigenvalue weighted by Gasteiger charge is -2.08. The Morgan fingerprint density at radius 2 is 1.68 bits per heavy atom. The van der Waals surface area contributed by atoms with Crippen LogP contribution in [0.1, 0.15) is 22.5 Å². The number of hydrogen-bond donors (Lipinski definition) is 2. The summed E-state index contributed by atoms with van der Waals surface area (Å²) in [5.74, 6) is -0.234. The van der Waals surface area contributed by atoms with Gasteiger partial charge in [0.15, 0.2) is 5.69 Å². The van der Waals surface area contributed by atoms with Crippen molar-refractivity contribution in [3.63, 3.8) is 0 Å². The van der Waals surface area contributed by atoms with E-state index in [0.717, 1.165) is 29.4 Å². The van der Waals surface area contributed by atoms with Gasteiger partial charge in [0, 0.05) is 30.5 Å².